The number of aryl methyl sites for hydroxylation is 1. The number of nitrogens with one attached hydrogen (secondary N) is 1. The van der Waals surface area contributed by atoms with Crippen molar-refractivity contribution in [3.63, 3.8) is 0 Å². The first-order valence-electron chi connectivity index (χ1n) is 9.68. The van der Waals surface area contributed by atoms with Crippen LogP contribution >= 0.6 is 0 Å². The molecule has 0 saturated carbocycles. The Balaban J connectivity index is 1.49. The predicted molar refractivity (Wildman–Crippen MR) is 112 cm³/mol. The van der Waals surface area contributed by atoms with Gasteiger partial charge in [-0.15, -0.1) is 0 Å². The molecule has 3 aromatic rings. The van der Waals surface area contributed by atoms with Gasteiger partial charge < -0.3 is 14.6 Å². The van der Waals surface area contributed by atoms with E-state index in [0.717, 1.165) is 24.2 Å². The summed E-state index contributed by atoms with van der Waals surface area (Å²) in [5, 5.41) is 2.81. The zero-order valence-corrected chi connectivity index (χ0v) is 16.3. The molecule has 2 heterocycles. The van der Waals surface area contributed by atoms with Crippen molar-refractivity contribution in [1.82, 2.24) is 4.90 Å². The summed E-state index contributed by atoms with van der Waals surface area (Å²) in [7, 11) is 0. The van der Waals surface area contributed by atoms with Crippen molar-refractivity contribution in [3.05, 3.63) is 83.8 Å². The first kappa shape index (κ1) is 18.8. The number of urea groups is 1. The molecular formula is C23H23N3O3. The lowest BCUT2D eigenvalue weighted by molar-refractivity contribution is 0.0996. The molecule has 1 aromatic heterocycles. The minimum atomic E-state index is -0.321. The third-order valence-corrected chi connectivity index (χ3v) is 5.09. The Kier molecular flexibility index (Phi) is 5.33. The van der Waals surface area contributed by atoms with Crippen LogP contribution in [0.15, 0.2) is 71.3 Å². The highest BCUT2D eigenvalue weighted by molar-refractivity contribution is 6.02. The second kappa shape index (κ2) is 8.22. The van der Waals surface area contributed by atoms with E-state index in [1.807, 2.05) is 35.2 Å². The first-order valence-corrected chi connectivity index (χ1v) is 9.68. The number of carbonyl (C=O) groups is 2. The summed E-state index contributed by atoms with van der Waals surface area (Å²) in [4.78, 5) is 29.0. The highest BCUT2D eigenvalue weighted by Gasteiger charge is 2.27. The Morgan fingerprint density at radius 3 is 2.72 bits per heavy atom. The molecule has 3 amide bonds. The largest absolute Gasteiger partial charge is 0.459 e. The zero-order chi connectivity index (χ0) is 20.2. The highest BCUT2D eigenvalue weighted by atomic mass is 16.3. The van der Waals surface area contributed by atoms with Gasteiger partial charge in [-0.25, -0.2) is 4.79 Å². The van der Waals surface area contributed by atoms with E-state index in [1.165, 1.54) is 11.8 Å². The van der Waals surface area contributed by atoms with E-state index in [0.29, 0.717) is 18.8 Å². The molecular weight excluding hydrogens is 366 g/mol. The maximum Gasteiger partial charge on any atom is 0.324 e. The van der Waals surface area contributed by atoms with Crippen molar-refractivity contribution < 1.29 is 14.0 Å². The number of carbonyl (C=O) groups excluding carboxylic acids is 2. The average Bonchev–Trinajstić information content (AvgIpc) is 3.26. The van der Waals surface area contributed by atoms with Gasteiger partial charge in [0.1, 0.15) is 0 Å². The summed E-state index contributed by atoms with van der Waals surface area (Å²) in [6.07, 6.45) is 2.35. The molecule has 1 saturated heterocycles. The Labute approximate surface area is 169 Å². The Bertz CT molecular complexity index is 1010. The van der Waals surface area contributed by atoms with Gasteiger partial charge in [0.15, 0.2) is 5.76 Å². The van der Waals surface area contributed by atoms with Gasteiger partial charge in [-0.1, -0.05) is 30.3 Å². The second-order valence-corrected chi connectivity index (χ2v) is 7.12. The maximum absolute atomic E-state index is 13.1. The number of hydrogen-bond donors (Lipinski definition) is 1. The van der Waals surface area contributed by atoms with Crippen LogP contribution in [0.5, 0.6) is 0 Å². The van der Waals surface area contributed by atoms with Crippen molar-refractivity contribution >= 4 is 23.3 Å². The number of anilines is 2. The van der Waals surface area contributed by atoms with Crippen LogP contribution in [0.1, 0.15) is 28.1 Å². The topological polar surface area (TPSA) is 65.8 Å². The van der Waals surface area contributed by atoms with Gasteiger partial charge in [0, 0.05) is 31.0 Å². The van der Waals surface area contributed by atoms with Crippen LogP contribution < -0.4 is 10.2 Å². The van der Waals surface area contributed by atoms with Crippen LogP contribution in [0.3, 0.4) is 0 Å². The third-order valence-electron chi connectivity index (χ3n) is 5.09. The van der Waals surface area contributed by atoms with Crippen molar-refractivity contribution in [1.29, 1.82) is 0 Å². The molecule has 1 N–H and O–H groups in total. The second-order valence-electron chi connectivity index (χ2n) is 7.12. The van der Waals surface area contributed by atoms with Crippen LogP contribution in [-0.4, -0.2) is 29.9 Å². The van der Waals surface area contributed by atoms with Crippen LogP contribution in [0.4, 0.5) is 16.2 Å². The number of benzene rings is 2. The van der Waals surface area contributed by atoms with Gasteiger partial charge in [-0.05, 0) is 54.8 Å². The highest BCUT2D eigenvalue weighted by Crippen LogP contribution is 2.25. The number of nitrogens with zero attached hydrogens (tertiary/aromatic N) is 2. The summed E-state index contributed by atoms with van der Waals surface area (Å²) in [5.41, 5.74) is 3.72. The van der Waals surface area contributed by atoms with Gasteiger partial charge in [0.05, 0.1) is 6.26 Å². The van der Waals surface area contributed by atoms with Crippen molar-refractivity contribution in [2.24, 2.45) is 0 Å². The SMILES string of the molecule is Cc1ccccc1CN1CCCN(c2cccc(NC(=O)c3ccco3)c2)C1=O. The maximum atomic E-state index is 13.1. The quantitative estimate of drug-likeness (QED) is 0.689. The number of hydrogen-bond acceptors (Lipinski definition) is 3. The zero-order valence-electron chi connectivity index (χ0n) is 16.3. The smallest absolute Gasteiger partial charge is 0.324 e. The van der Waals surface area contributed by atoms with E-state index in [-0.39, 0.29) is 17.7 Å². The molecule has 6 nitrogen and oxygen atoms in total. The summed E-state index contributed by atoms with van der Waals surface area (Å²) in [6, 6.07) is 18.7. The van der Waals surface area contributed by atoms with E-state index >= 15 is 0 Å². The first-order chi connectivity index (χ1) is 14.1. The normalized spacial score (nSPS) is 14.2. The fourth-order valence-corrected chi connectivity index (χ4v) is 3.51. The van der Waals surface area contributed by atoms with Crippen molar-refractivity contribution in [2.75, 3.05) is 23.3 Å². The average molecular weight is 389 g/mol. The molecule has 2 aromatic carbocycles. The molecule has 0 aliphatic carbocycles. The van der Waals surface area contributed by atoms with Gasteiger partial charge in [-0.2, -0.15) is 0 Å². The molecule has 4 rings (SSSR count). The number of rotatable bonds is 5. The Hall–Kier alpha value is -3.54. The van der Waals surface area contributed by atoms with E-state index < -0.39 is 0 Å². The molecule has 1 fully saturated rings. The molecule has 29 heavy (non-hydrogen) atoms. The fourth-order valence-electron chi connectivity index (χ4n) is 3.51. The molecule has 6 heteroatoms. The van der Waals surface area contributed by atoms with Crippen LogP contribution in [-0.2, 0) is 6.54 Å². The molecule has 0 spiro atoms. The lowest BCUT2D eigenvalue weighted by atomic mass is 10.1. The third kappa shape index (κ3) is 4.16. The minimum Gasteiger partial charge on any atom is -0.459 e. The molecule has 0 radical (unpaired) electrons. The summed E-state index contributed by atoms with van der Waals surface area (Å²) in [6.45, 7) is 4.04. The standard InChI is InChI=1S/C23H23N3O3/c1-17-7-2-3-8-18(17)16-25-12-6-13-26(23(25)28)20-10-4-9-19(15-20)24-22(27)21-11-5-14-29-21/h2-5,7-11,14-15H,6,12-13,16H2,1H3,(H,24,27). The van der Waals surface area contributed by atoms with Gasteiger partial charge >= 0.3 is 6.03 Å². The Morgan fingerprint density at radius 1 is 1.07 bits per heavy atom. The number of amides is 3. The van der Waals surface area contributed by atoms with Gasteiger partial charge in [-0.3, -0.25) is 9.69 Å². The lowest BCUT2D eigenvalue weighted by Gasteiger charge is -2.36. The van der Waals surface area contributed by atoms with Crippen LogP contribution in [0.2, 0.25) is 0 Å². The van der Waals surface area contributed by atoms with Gasteiger partial charge in [0.2, 0.25) is 0 Å². The molecule has 1 aliphatic heterocycles. The molecule has 1 aliphatic rings. The summed E-state index contributed by atoms with van der Waals surface area (Å²) >= 11 is 0. The molecule has 0 atom stereocenters. The summed E-state index contributed by atoms with van der Waals surface area (Å²) < 4.78 is 5.13. The Morgan fingerprint density at radius 2 is 1.93 bits per heavy atom. The van der Waals surface area contributed by atoms with Crippen LogP contribution in [0.25, 0.3) is 0 Å². The fraction of sp³-hybridized carbons (Fsp3) is 0.217. The van der Waals surface area contributed by atoms with Gasteiger partial charge in [0.25, 0.3) is 5.91 Å². The van der Waals surface area contributed by atoms with Crippen molar-refractivity contribution in [2.45, 2.75) is 19.9 Å². The summed E-state index contributed by atoms with van der Waals surface area (Å²) in [5.74, 6) is -0.0767. The van der Waals surface area contributed by atoms with Crippen LogP contribution in [0, 0.1) is 6.92 Å². The van der Waals surface area contributed by atoms with E-state index in [2.05, 4.69) is 24.4 Å². The minimum absolute atomic E-state index is 0.0194. The van der Waals surface area contributed by atoms with E-state index in [4.69, 9.17) is 4.42 Å². The predicted octanol–water partition coefficient (Wildman–Crippen LogP) is 4.67. The number of furan rings is 1. The molecule has 0 bridgehead atoms. The lowest BCUT2D eigenvalue weighted by Crippen LogP contribution is -2.49. The van der Waals surface area contributed by atoms with Crippen molar-refractivity contribution in [3.8, 4) is 0 Å². The molecule has 0 unspecified atom stereocenters. The van der Waals surface area contributed by atoms with E-state index in [9.17, 15) is 9.59 Å². The van der Waals surface area contributed by atoms with E-state index in [1.54, 1.807) is 23.1 Å². The molecule has 148 valence electrons. The monoisotopic (exact) mass is 389 g/mol.